The monoisotopic (exact) mass is 361 g/mol. The van der Waals surface area contributed by atoms with Gasteiger partial charge in [0.2, 0.25) is 0 Å². The lowest BCUT2D eigenvalue weighted by molar-refractivity contribution is -0.141. The molecule has 1 aliphatic carbocycles. The third kappa shape index (κ3) is 3.90. The zero-order valence-corrected chi connectivity index (χ0v) is 15.0. The number of carboxylic acid groups (broad SMARTS) is 1. The summed E-state index contributed by atoms with van der Waals surface area (Å²) in [4.78, 5) is 27.3. The summed E-state index contributed by atoms with van der Waals surface area (Å²) in [6.07, 6.45) is 1.85. The van der Waals surface area contributed by atoms with Crippen molar-refractivity contribution in [1.82, 2.24) is 4.90 Å². The van der Waals surface area contributed by atoms with Crippen LogP contribution in [0.3, 0.4) is 0 Å². The van der Waals surface area contributed by atoms with E-state index in [1.165, 1.54) is 23.5 Å². The SMILES string of the molecule is Cc1sc(C(=O)N(CC(C)C(=O)O)C2CC2)cc1-c1ccc(F)cc1. The van der Waals surface area contributed by atoms with Crippen LogP contribution in [0.15, 0.2) is 30.3 Å². The van der Waals surface area contributed by atoms with Gasteiger partial charge in [0.1, 0.15) is 5.82 Å². The minimum Gasteiger partial charge on any atom is -0.481 e. The van der Waals surface area contributed by atoms with Gasteiger partial charge in [0.25, 0.3) is 5.91 Å². The number of benzene rings is 1. The van der Waals surface area contributed by atoms with Crippen LogP contribution in [0.1, 0.15) is 34.3 Å². The molecule has 1 amide bonds. The first-order chi connectivity index (χ1) is 11.9. The summed E-state index contributed by atoms with van der Waals surface area (Å²) in [5.41, 5.74) is 1.78. The molecule has 4 nitrogen and oxygen atoms in total. The number of rotatable bonds is 6. The molecule has 25 heavy (non-hydrogen) atoms. The van der Waals surface area contributed by atoms with Gasteiger partial charge in [0, 0.05) is 17.5 Å². The molecule has 1 fully saturated rings. The summed E-state index contributed by atoms with van der Waals surface area (Å²) in [5.74, 6) is -1.90. The molecular formula is C19H20FNO3S. The van der Waals surface area contributed by atoms with Crippen molar-refractivity contribution < 1.29 is 19.1 Å². The summed E-state index contributed by atoms with van der Waals surface area (Å²) in [7, 11) is 0. The molecule has 1 aromatic carbocycles. The van der Waals surface area contributed by atoms with Crippen LogP contribution in [0.2, 0.25) is 0 Å². The molecule has 1 atom stereocenters. The number of hydrogen-bond donors (Lipinski definition) is 1. The molecule has 1 N–H and O–H groups in total. The highest BCUT2D eigenvalue weighted by Crippen LogP contribution is 2.34. The van der Waals surface area contributed by atoms with Crippen LogP contribution in [-0.4, -0.2) is 34.5 Å². The summed E-state index contributed by atoms with van der Waals surface area (Å²) < 4.78 is 13.1. The Hall–Kier alpha value is -2.21. The van der Waals surface area contributed by atoms with E-state index in [4.69, 9.17) is 5.11 Å². The van der Waals surface area contributed by atoms with Crippen molar-refractivity contribution in [1.29, 1.82) is 0 Å². The molecule has 0 bridgehead atoms. The maximum absolute atomic E-state index is 13.1. The van der Waals surface area contributed by atoms with Crippen LogP contribution in [0, 0.1) is 18.7 Å². The topological polar surface area (TPSA) is 57.6 Å². The molecule has 6 heteroatoms. The lowest BCUT2D eigenvalue weighted by atomic mass is 10.1. The predicted molar refractivity (Wildman–Crippen MR) is 95.3 cm³/mol. The van der Waals surface area contributed by atoms with E-state index in [2.05, 4.69) is 0 Å². The van der Waals surface area contributed by atoms with Crippen molar-refractivity contribution in [2.75, 3.05) is 6.54 Å². The Morgan fingerprint density at radius 2 is 1.96 bits per heavy atom. The van der Waals surface area contributed by atoms with E-state index in [0.29, 0.717) is 4.88 Å². The quantitative estimate of drug-likeness (QED) is 0.839. The summed E-state index contributed by atoms with van der Waals surface area (Å²) in [6, 6.07) is 8.17. The highest BCUT2D eigenvalue weighted by atomic mass is 32.1. The molecule has 3 rings (SSSR count). The van der Waals surface area contributed by atoms with Crippen molar-refractivity contribution in [3.63, 3.8) is 0 Å². The molecule has 1 saturated carbocycles. The van der Waals surface area contributed by atoms with Gasteiger partial charge in [0.05, 0.1) is 10.8 Å². The first kappa shape index (κ1) is 17.6. The van der Waals surface area contributed by atoms with E-state index < -0.39 is 11.9 Å². The van der Waals surface area contributed by atoms with Gasteiger partial charge < -0.3 is 10.0 Å². The molecule has 132 valence electrons. The van der Waals surface area contributed by atoms with E-state index in [0.717, 1.165) is 28.8 Å². The van der Waals surface area contributed by atoms with Crippen LogP contribution >= 0.6 is 11.3 Å². The maximum Gasteiger partial charge on any atom is 0.308 e. The number of amides is 1. The Bertz CT molecular complexity index is 796. The van der Waals surface area contributed by atoms with E-state index in [9.17, 15) is 14.0 Å². The number of thiophene rings is 1. The number of nitrogens with zero attached hydrogens (tertiary/aromatic N) is 1. The Morgan fingerprint density at radius 1 is 1.32 bits per heavy atom. The molecular weight excluding hydrogens is 341 g/mol. The third-order valence-electron chi connectivity index (χ3n) is 4.42. The fourth-order valence-electron chi connectivity index (χ4n) is 2.80. The van der Waals surface area contributed by atoms with Crippen molar-refractivity contribution >= 4 is 23.2 Å². The van der Waals surface area contributed by atoms with E-state index in [-0.39, 0.29) is 24.3 Å². The Labute approximate surface area is 149 Å². The summed E-state index contributed by atoms with van der Waals surface area (Å²) in [6.45, 7) is 3.78. The fraction of sp³-hybridized carbons (Fsp3) is 0.368. The van der Waals surface area contributed by atoms with Gasteiger partial charge in [-0.25, -0.2) is 4.39 Å². The van der Waals surface area contributed by atoms with Gasteiger partial charge in [-0.1, -0.05) is 19.1 Å². The number of aliphatic carboxylic acids is 1. The highest BCUT2D eigenvalue weighted by Gasteiger charge is 2.35. The van der Waals surface area contributed by atoms with Crippen molar-refractivity contribution in [3.8, 4) is 11.1 Å². The molecule has 1 unspecified atom stereocenters. The second-order valence-corrected chi connectivity index (χ2v) is 7.77. The predicted octanol–water partition coefficient (Wildman–Crippen LogP) is 4.19. The minimum atomic E-state index is -0.896. The normalized spacial score (nSPS) is 15.0. The van der Waals surface area contributed by atoms with Crippen LogP contribution in [0.4, 0.5) is 4.39 Å². The molecule has 1 heterocycles. The van der Waals surface area contributed by atoms with Gasteiger partial charge in [-0.05, 0) is 49.1 Å². The van der Waals surface area contributed by atoms with Crippen LogP contribution in [-0.2, 0) is 4.79 Å². The van der Waals surface area contributed by atoms with Crippen LogP contribution in [0.25, 0.3) is 11.1 Å². The third-order valence-corrected chi connectivity index (χ3v) is 5.46. The summed E-state index contributed by atoms with van der Waals surface area (Å²) >= 11 is 1.40. The Kier molecular flexibility index (Phi) is 4.90. The Morgan fingerprint density at radius 3 is 2.52 bits per heavy atom. The smallest absolute Gasteiger partial charge is 0.308 e. The molecule has 0 radical (unpaired) electrons. The second-order valence-electron chi connectivity index (χ2n) is 6.52. The first-order valence-electron chi connectivity index (χ1n) is 8.27. The lowest BCUT2D eigenvalue weighted by Gasteiger charge is -2.23. The molecule has 0 saturated heterocycles. The van der Waals surface area contributed by atoms with Gasteiger partial charge in [-0.15, -0.1) is 11.3 Å². The first-order valence-corrected chi connectivity index (χ1v) is 9.08. The van der Waals surface area contributed by atoms with E-state index in [1.807, 2.05) is 13.0 Å². The minimum absolute atomic E-state index is 0.114. The molecule has 0 aliphatic heterocycles. The number of carboxylic acids is 1. The average molecular weight is 361 g/mol. The van der Waals surface area contributed by atoms with Gasteiger partial charge in [0.15, 0.2) is 0 Å². The molecule has 0 spiro atoms. The molecule has 2 aromatic rings. The number of halogens is 1. The lowest BCUT2D eigenvalue weighted by Crippen LogP contribution is -2.38. The number of aryl methyl sites for hydroxylation is 1. The van der Waals surface area contributed by atoms with E-state index >= 15 is 0 Å². The molecule has 1 aliphatic rings. The van der Waals surface area contributed by atoms with Crippen molar-refractivity contribution in [3.05, 3.63) is 45.9 Å². The second kappa shape index (κ2) is 6.96. The largest absolute Gasteiger partial charge is 0.481 e. The average Bonchev–Trinajstić information content (AvgIpc) is 3.34. The maximum atomic E-state index is 13.1. The summed E-state index contributed by atoms with van der Waals surface area (Å²) in [5, 5.41) is 9.14. The van der Waals surface area contributed by atoms with Crippen LogP contribution < -0.4 is 0 Å². The number of carbonyl (C=O) groups is 2. The standard InChI is InChI=1S/C19H20FNO3S/c1-11(19(23)24)10-21(15-7-8-15)18(22)17-9-16(12(2)25-17)13-3-5-14(20)6-4-13/h3-6,9,11,15H,7-8,10H2,1-2H3,(H,23,24). The van der Waals surface area contributed by atoms with Gasteiger partial charge in [-0.2, -0.15) is 0 Å². The fourth-order valence-corrected chi connectivity index (χ4v) is 3.80. The number of carbonyl (C=O) groups excluding carboxylic acids is 1. The Balaban J connectivity index is 1.85. The zero-order chi connectivity index (χ0) is 18.1. The van der Waals surface area contributed by atoms with Crippen LogP contribution in [0.5, 0.6) is 0 Å². The number of hydrogen-bond acceptors (Lipinski definition) is 3. The molecule has 1 aromatic heterocycles. The van der Waals surface area contributed by atoms with Crippen molar-refractivity contribution in [2.45, 2.75) is 32.7 Å². The van der Waals surface area contributed by atoms with Crippen molar-refractivity contribution in [2.24, 2.45) is 5.92 Å². The van der Waals surface area contributed by atoms with Gasteiger partial charge in [-0.3, -0.25) is 9.59 Å². The van der Waals surface area contributed by atoms with E-state index in [1.54, 1.807) is 24.0 Å². The highest BCUT2D eigenvalue weighted by molar-refractivity contribution is 7.14. The van der Waals surface area contributed by atoms with Gasteiger partial charge >= 0.3 is 5.97 Å². The zero-order valence-electron chi connectivity index (χ0n) is 14.2.